The molecule has 1 spiro atoms. The minimum atomic E-state index is -0.513. The topological polar surface area (TPSA) is 40.0 Å². The van der Waals surface area contributed by atoms with E-state index in [-0.39, 0.29) is 12.2 Å². The third-order valence-corrected chi connectivity index (χ3v) is 3.50. The summed E-state index contributed by atoms with van der Waals surface area (Å²) in [5, 5.41) is 4.15. The summed E-state index contributed by atoms with van der Waals surface area (Å²) >= 11 is 0. The molecule has 1 aromatic carbocycles. The maximum Gasteiger partial charge on any atom is 0.218 e. The predicted molar refractivity (Wildman–Crippen MR) is 60.4 cm³/mol. The van der Waals surface area contributed by atoms with Gasteiger partial charge < -0.3 is 14.3 Å². The molecule has 3 aliphatic heterocycles. The number of oxime groups is 1. The van der Waals surface area contributed by atoms with E-state index in [2.05, 4.69) is 5.16 Å². The van der Waals surface area contributed by atoms with Gasteiger partial charge in [-0.15, -0.1) is 0 Å². The fourth-order valence-electron chi connectivity index (χ4n) is 2.60. The van der Waals surface area contributed by atoms with E-state index in [9.17, 15) is 0 Å². The van der Waals surface area contributed by atoms with Crippen molar-refractivity contribution < 1.29 is 14.3 Å². The first-order chi connectivity index (χ1) is 8.40. The van der Waals surface area contributed by atoms with Crippen LogP contribution >= 0.6 is 0 Å². The van der Waals surface area contributed by atoms with Crippen LogP contribution in [-0.2, 0) is 14.3 Å². The lowest BCUT2D eigenvalue weighted by Gasteiger charge is -2.20. The van der Waals surface area contributed by atoms with Gasteiger partial charge in [-0.1, -0.05) is 35.5 Å². The van der Waals surface area contributed by atoms with E-state index in [0.29, 0.717) is 6.61 Å². The smallest absolute Gasteiger partial charge is 0.218 e. The molecule has 3 unspecified atom stereocenters. The van der Waals surface area contributed by atoms with Crippen LogP contribution in [-0.4, -0.2) is 24.0 Å². The monoisotopic (exact) mass is 229 g/mol. The van der Waals surface area contributed by atoms with E-state index in [1.54, 1.807) is 6.26 Å². The standard InChI is InChI=1S/C13H11NO3/c1-2-4-9(5-3-1)11-12-13(8-15-11)10(17-14-12)6-7-16-13/h1-7,10-11H,8H2. The lowest BCUT2D eigenvalue weighted by atomic mass is 9.91. The molecule has 17 heavy (non-hydrogen) atoms. The summed E-state index contributed by atoms with van der Waals surface area (Å²) in [5.74, 6) is 0. The first-order valence-electron chi connectivity index (χ1n) is 5.65. The molecule has 3 aliphatic rings. The van der Waals surface area contributed by atoms with Gasteiger partial charge >= 0.3 is 0 Å². The zero-order valence-corrected chi connectivity index (χ0v) is 9.08. The average Bonchev–Trinajstić information content (AvgIpc) is 2.99. The van der Waals surface area contributed by atoms with Gasteiger partial charge in [0.15, 0.2) is 6.10 Å². The minimum Gasteiger partial charge on any atom is -0.482 e. The highest BCUT2D eigenvalue weighted by molar-refractivity contribution is 6.00. The number of hydrogen-bond donors (Lipinski definition) is 0. The second kappa shape index (κ2) is 3.11. The highest BCUT2D eigenvalue weighted by Crippen LogP contribution is 2.44. The molecular weight excluding hydrogens is 218 g/mol. The van der Waals surface area contributed by atoms with Gasteiger partial charge in [-0.2, -0.15) is 0 Å². The van der Waals surface area contributed by atoms with E-state index in [0.717, 1.165) is 11.3 Å². The fraction of sp³-hybridized carbons (Fsp3) is 0.308. The van der Waals surface area contributed by atoms with Crippen LogP contribution in [0, 0.1) is 0 Å². The molecule has 0 radical (unpaired) electrons. The number of benzene rings is 1. The molecule has 1 aromatic rings. The van der Waals surface area contributed by atoms with E-state index in [4.69, 9.17) is 14.3 Å². The van der Waals surface area contributed by atoms with Gasteiger partial charge in [0.05, 0.1) is 12.9 Å². The van der Waals surface area contributed by atoms with Gasteiger partial charge in [0.1, 0.15) is 11.8 Å². The molecule has 3 heterocycles. The zero-order valence-electron chi connectivity index (χ0n) is 9.08. The summed E-state index contributed by atoms with van der Waals surface area (Å²) in [5.41, 5.74) is 1.42. The van der Waals surface area contributed by atoms with Crippen molar-refractivity contribution in [3.63, 3.8) is 0 Å². The minimum absolute atomic E-state index is 0.133. The molecule has 0 aromatic heterocycles. The van der Waals surface area contributed by atoms with Crippen LogP contribution in [0.25, 0.3) is 0 Å². The lowest BCUT2D eigenvalue weighted by molar-refractivity contribution is -0.0364. The average molecular weight is 229 g/mol. The normalized spacial score (nSPS) is 37.1. The molecule has 0 amide bonds. The second-order valence-electron chi connectivity index (χ2n) is 4.44. The quantitative estimate of drug-likeness (QED) is 0.737. The SMILES string of the molecule is C1=CC2ON=C3C(c4ccccc4)OCC32O1. The maximum atomic E-state index is 5.83. The highest BCUT2D eigenvalue weighted by atomic mass is 16.7. The molecule has 86 valence electrons. The molecular formula is C13H11NO3. The Morgan fingerprint density at radius 2 is 2.12 bits per heavy atom. The van der Waals surface area contributed by atoms with Gasteiger partial charge in [0.25, 0.3) is 0 Å². The van der Waals surface area contributed by atoms with Crippen LogP contribution in [0.1, 0.15) is 11.7 Å². The van der Waals surface area contributed by atoms with Crippen LogP contribution in [0.4, 0.5) is 0 Å². The Bertz CT molecular complexity index is 511. The lowest BCUT2D eigenvalue weighted by Crippen LogP contribution is -2.43. The Hall–Kier alpha value is -1.81. The Morgan fingerprint density at radius 1 is 1.24 bits per heavy atom. The van der Waals surface area contributed by atoms with Crippen molar-refractivity contribution in [1.82, 2.24) is 0 Å². The number of nitrogens with zero attached hydrogens (tertiary/aromatic N) is 1. The Balaban J connectivity index is 1.74. The molecule has 4 rings (SSSR count). The van der Waals surface area contributed by atoms with Crippen molar-refractivity contribution in [3.05, 3.63) is 48.2 Å². The molecule has 4 heteroatoms. The molecule has 0 aliphatic carbocycles. The van der Waals surface area contributed by atoms with Crippen LogP contribution in [0.2, 0.25) is 0 Å². The van der Waals surface area contributed by atoms with E-state index < -0.39 is 5.60 Å². The number of ether oxygens (including phenoxy) is 2. The number of rotatable bonds is 1. The van der Waals surface area contributed by atoms with Gasteiger partial charge in [0.2, 0.25) is 5.60 Å². The first-order valence-corrected chi connectivity index (χ1v) is 5.65. The Kier molecular flexibility index (Phi) is 1.69. The molecule has 1 saturated heterocycles. The zero-order chi connectivity index (χ0) is 11.3. The molecule has 1 fully saturated rings. The maximum absolute atomic E-state index is 5.83. The van der Waals surface area contributed by atoms with Gasteiger partial charge in [-0.3, -0.25) is 0 Å². The van der Waals surface area contributed by atoms with Crippen LogP contribution in [0.15, 0.2) is 47.8 Å². The van der Waals surface area contributed by atoms with Gasteiger partial charge in [-0.05, 0) is 11.6 Å². The molecule has 3 atom stereocenters. The van der Waals surface area contributed by atoms with E-state index in [1.807, 2.05) is 36.4 Å². The van der Waals surface area contributed by atoms with Crippen molar-refractivity contribution in [2.45, 2.75) is 17.8 Å². The largest absolute Gasteiger partial charge is 0.482 e. The summed E-state index contributed by atoms with van der Waals surface area (Å²) in [7, 11) is 0. The van der Waals surface area contributed by atoms with Crippen LogP contribution in [0.3, 0.4) is 0 Å². The molecule has 0 saturated carbocycles. The number of hydrogen-bond acceptors (Lipinski definition) is 4. The molecule has 4 nitrogen and oxygen atoms in total. The third kappa shape index (κ3) is 1.08. The van der Waals surface area contributed by atoms with E-state index in [1.165, 1.54) is 0 Å². The van der Waals surface area contributed by atoms with Crippen molar-refractivity contribution in [1.29, 1.82) is 0 Å². The Morgan fingerprint density at radius 3 is 3.00 bits per heavy atom. The van der Waals surface area contributed by atoms with Crippen LogP contribution in [0.5, 0.6) is 0 Å². The summed E-state index contributed by atoms with van der Waals surface area (Å²) < 4.78 is 11.5. The fourth-order valence-corrected chi connectivity index (χ4v) is 2.60. The summed E-state index contributed by atoms with van der Waals surface area (Å²) in [4.78, 5) is 5.38. The van der Waals surface area contributed by atoms with Crippen molar-refractivity contribution in [2.24, 2.45) is 5.16 Å². The highest BCUT2D eigenvalue weighted by Gasteiger charge is 2.61. The first kappa shape index (κ1) is 9.24. The summed E-state index contributed by atoms with van der Waals surface area (Å²) in [6.45, 7) is 0.489. The Labute approximate surface area is 98.5 Å². The van der Waals surface area contributed by atoms with Gasteiger partial charge in [0, 0.05) is 0 Å². The summed E-state index contributed by atoms with van der Waals surface area (Å²) in [6, 6.07) is 10.0. The second-order valence-corrected chi connectivity index (χ2v) is 4.44. The predicted octanol–water partition coefficient (Wildman–Crippen LogP) is 1.80. The van der Waals surface area contributed by atoms with Crippen molar-refractivity contribution >= 4 is 5.71 Å². The van der Waals surface area contributed by atoms with E-state index >= 15 is 0 Å². The van der Waals surface area contributed by atoms with Crippen LogP contribution < -0.4 is 0 Å². The van der Waals surface area contributed by atoms with Gasteiger partial charge in [-0.25, -0.2) is 0 Å². The molecule has 0 N–H and O–H groups in total. The molecule has 0 bridgehead atoms. The van der Waals surface area contributed by atoms with Crippen molar-refractivity contribution in [2.75, 3.05) is 6.61 Å². The van der Waals surface area contributed by atoms with Crippen molar-refractivity contribution in [3.8, 4) is 0 Å². The third-order valence-electron chi connectivity index (χ3n) is 3.50. The summed E-state index contributed by atoms with van der Waals surface area (Å²) in [6.07, 6.45) is 3.27.